The number of benzene rings is 2. The Labute approximate surface area is 169 Å². The lowest BCUT2D eigenvalue weighted by atomic mass is 10.1. The fourth-order valence-electron chi connectivity index (χ4n) is 2.45. The average molecular weight is 422 g/mol. The fourth-order valence-corrected chi connectivity index (χ4v) is 3.56. The van der Waals surface area contributed by atoms with Gasteiger partial charge in [-0.05, 0) is 62.2 Å². The van der Waals surface area contributed by atoms with Gasteiger partial charge < -0.3 is 10.1 Å². The van der Waals surface area contributed by atoms with E-state index >= 15 is 0 Å². The van der Waals surface area contributed by atoms with Gasteiger partial charge in [-0.3, -0.25) is 9.59 Å². The van der Waals surface area contributed by atoms with E-state index in [1.165, 1.54) is 14.0 Å². The smallest absolute Gasteiger partial charge is 0.322 e. The molecule has 9 heteroatoms. The first-order valence-electron chi connectivity index (χ1n) is 8.80. The highest BCUT2D eigenvalue weighted by molar-refractivity contribution is 7.89. The third-order valence-corrected chi connectivity index (χ3v) is 6.02. The number of amides is 1. The molecule has 0 saturated heterocycles. The number of nitrogens with one attached hydrogen (secondary N) is 1. The minimum Gasteiger partial charge on any atom is -0.452 e. The fraction of sp³-hybridized carbons (Fsp3) is 0.300. The molecular formula is C20H23FN2O5S. The normalized spacial score (nSPS) is 12.5. The first kappa shape index (κ1) is 22.5. The van der Waals surface area contributed by atoms with Crippen LogP contribution >= 0.6 is 0 Å². The first-order chi connectivity index (χ1) is 13.5. The Balaban J connectivity index is 1.97. The van der Waals surface area contributed by atoms with E-state index in [0.717, 1.165) is 39.7 Å². The van der Waals surface area contributed by atoms with Crippen LogP contribution in [0, 0.1) is 19.7 Å². The number of esters is 1. The van der Waals surface area contributed by atoms with Crippen LogP contribution in [0.1, 0.15) is 18.1 Å². The monoisotopic (exact) mass is 422 g/mol. The molecule has 0 aliphatic rings. The molecule has 0 bridgehead atoms. The van der Waals surface area contributed by atoms with Crippen LogP contribution in [0.25, 0.3) is 0 Å². The van der Waals surface area contributed by atoms with Crippen molar-refractivity contribution in [3.63, 3.8) is 0 Å². The van der Waals surface area contributed by atoms with Crippen molar-refractivity contribution in [2.24, 2.45) is 0 Å². The quantitative estimate of drug-likeness (QED) is 0.693. The summed E-state index contributed by atoms with van der Waals surface area (Å²) in [4.78, 5) is 24.2. The van der Waals surface area contributed by atoms with Gasteiger partial charge in [-0.1, -0.05) is 12.1 Å². The van der Waals surface area contributed by atoms with Crippen molar-refractivity contribution < 1.29 is 27.1 Å². The van der Waals surface area contributed by atoms with Crippen molar-refractivity contribution >= 4 is 27.6 Å². The molecule has 0 aliphatic heterocycles. The number of rotatable bonds is 7. The number of carbonyl (C=O) groups is 2. The van der Waals surface area contributed by atoms with Gasteiger partial charge in [-0.2, -0.15) is 4.31 Å². The predicted octanol–water partition coefficient (Wildman–Crippen LogP) is 2.63. The Hall–Kier alpha value is -2.78. The predicted molar refractivity (Wildman–Crippen MR) is 106 cm³/mol. The highest BCUT2D eigenvalue weighted by Gasteiger charge is 2.26. The molecule has 1 amide bonds. The van der Waals surface area contributed by atoms with E-state index in [2.05, 4.69) is 5.32 Å². The molecule has 7 nitrogen and oxygen atoms in total. The van der Waals surface area contributed by atoms with Crippen molar-refractivity contribution in [1.82, 2.24) is 4.31 Å². The lowest BCUT2D eigenvalue weighted by Crippen LogP contribution is -2.37. The minimum absolute atomic E-state index is 0.157. The second-order valence-electron chi connectivity index (χ2n) is 6.65. The zero-order chi connectivity index (χ0) is 21.8. The second-order valence-corrected chi connectivity index (χ2v) is 8.70. The highest BCUT2D eigenvalue weighted by Crippen LogP contribution is 2.17. The lowest BCUT2D eigenvalue weighted by Gasteiger charge is -2.19. The summed E-state index contributed by atoms with van der Waals surface area (Å²) < 4.78 is 43.7. The zero-order valence-corrected chi connectivity index (χ0v) is 17.4. The maximum atomic E-state index is 13.0. The van der Waals surface area contributed by atoms with Crippen LogP contribution in [0.15, 0.2) is 47.4 Å². The first-order valence-corrected chi connectivity index (χ1v) is 10.2. The third-order valence-electron chi connectivity index (χ3n) is 4.20. The van der Waals surface area contributed by atoms with Crippen LogP contribution in [-0.2, 0) is 24.3 Å². The zero-order valence-electron chi connectivity index (χ0n) is 16.6. The molecule has 156 valence electrons. The van der Waals surface area contributed by atoms with Crippen molar-refractivity contribution in [2.45, 2.75) is 31.8 Å². The van der Waals surface area contributed by atoms with Gasteiger partial charge in [0, 0.05) is 12.7 Å². The van der Waals surface area contributed by atoms with E-state index in [1.54, 1.807) is 6.07 Å². The SMILES string of the molecule is Cc1ccc(C)c(NC(=O)[C@@H](C)OC(=O)CN(C)S(=O)(=O)c2ccc(F)cc2)c1. The van der Waals surface area contributed by atoms with E-state index in [9.17, 15) is 22.4 Å². The van der Waals surface area contributed by atoms with E-state index in [-0.39, 0.29) is 4.90 Å². The van der Waals surface area contributed by atoms with Crippen LogP contribution in [-0.4, -0.2) is 44.3 Å². The number of hydrogen-bond acceptors (Lipinski definition) is 5. The van der Waals surface area contributed by atoms with Crippen LogP contribution < -0.4 is 5.32 Å². The summed E-state index contributed by atoms with van der Waals surface area (Å²) in [6.07, 6.45) is -1.12. The number of anilines is 1. The maximum absolute atomic E-state index is 13.0. The number of sulfonamides is 1. The van der Waals surface area contributed by atoms with Gasteiger partial charge in [0.15, 0.2) is 6.10 Å². The van der Waals surface area contributed by atoms with E-state index in [1.807, 2.05) is 26.0 Å². The number of halogens is 1. The molecule has 0 unspecified atom stereocenters. The Morgan fingerprint density at radius 2 is 1.76 bits per heavy atom. The Bertz CT molecular complexity index is 1010. The van der Waals surface area contributed by atoms with Crippen LogP contribution in [0.4, 0.5) is 10.1 Å². The molecule has 29 heavy (non-hydrogen) atoms. The van der Waals surface area contributed by atoms with Crippen LogP contribution in [0.3, 0.4) is 0 Å². The van der Waals surface area contributed by atoms with Crippen LogP contribution in [0.2, 0.25) is 0 Å². The second kappa shape index (κ2) is 9.15. The van der Waals surface area contributed by atoms with Crippen molar-refractivity contribution in [1.29, 1.82) is 0 Å². The van der Waals surface area contributed by atoms with Gasteiger partial charge in [-0.15, -0.1) is 0 Å². The molecule has 0 radical (unpaired) electrons. The van der Waals surface area contributed by atoms with E-state index in [4.69, 9.17) is 4.74 Å². The average Bonchev–Trinajstić information content (AvgIpc) is 2.64. The number of carbonyl (C=O) groups excluding carboxylic acids is 2. The molecule has 1 N–H and O–H groups in total. The highest BCUT2D eigenvalue weighted by atomic mass is 32.2. The molecule has 0 spiro atoms. The summed E-state index contributed by atoms with van der Waals surface area (Å²) in [6.45, 7) is 4.52. The lowest BCUT2D eigenvalue weighted by molar-refractivity contribution is -0.153. The number of hydrogen-bond donors (Lipinski definition) is 1. The molecule has 2 aromatic rings. The molecule has 0 fully saturated rings. The number of likely N-dealkylation sites (N-methyl/N-ethyl adjacent to an activating group) is 1. The minimum atomic E-state index is -4.00. The molecule has 0 aliphatic carbocycles. The number of nitrogens with zero attached hydrogens (tertiary/aromatic N) is 1. The summed E-state index contributed by atoms with van der Waals surface area (Å²) >= 11 is 0. The van der Waals surface area contributed by atoms with Gasteiger partial charge in [0.1, 0.15) is 12.4 Å². The number of aryl methyl sites for hydroxylation is 2. The van der Waals surface area contributed by atoms with E-state index in [0.29, 0.717) is 5.69 Å². The van der Waals surface area contributed by atoms with E-state index < -0.39 is 40.4 Å². The topological polar surface area (TPSA) is 92.8 Å². The number of ether oxygens (including phenoxy) is 1. The van der Waals surface area contributed by atoms with Gasteiger partial charge in [0.25, 0.3) is 5.91 Å². The van der Waals surface area contributed by atoms with Crippen molar-refractivity contribution in [3.8, 4) is 0 Å². The summed E-state index contributed by atoms with van der Waals surface area (Å²) in [6, 6.07) is 9.80. The summed E-state index contributed by atoms with van der Waals surface area (Å²) in [5, 5.41) is 2.69. The van der Waals surface area contributed by atoms with Crippen molar-refractivity contribution in [3.05, 3.63) is 59.4 Å². The molecule has 1 atom stereocenters. The summed E-state index contributed by atoms with van der Waals surface area (Å²) in [7, 11) is -2.81. The van der Waals surface area contributed by atoms with Gasteiger partial charge in [0.05, 0.1) is 4.90 Å². The molecule has 2 rings (SSSR count). The Morgan fingerprint density at radius 1 is 1.14 bits per heavy atom. The van der Waals surface area contributed by atoms with Gasteiger partial charge in [0.2, 0.25) is 10.0 Å². The summed E-state index contributed by atoms with van der Waals surface area (Å²) in [5.74, 6) is -1.99. The van der Waals surface area contributed by atoms with Gasteiger partial charge >= 0.3 is 5.97 Å². The Morgan fingerprint density at radius 3 is 2.38 bits per heavy atom. The third kappa shape index (κ3) is 5.85. The van der Waals surface area contributed by atoms with Crippen LogP contribution in [0.5, 0.6) is 0 Å². The summed E-state index contributed by atoms with van der Waals surface area (Å²) in [5.41, 5.74) is 2.42. The Kier molecular flexibility index (Phi) is 7.10. The van der Waals surface area contributed by atoms with Gasteiger partial charge in [-0.25, -0.2) is 12.8 Å². The molecule has 0 aromatic heterocycles. The molecule has 2 aromatic carbocycles. The maximum Gasteiger partial charge on any atom is 0.322 e. The standard InChI is InChI=1S/C20H23FN2O5S/c1-13-5-6-14(2)18(11-13)22-20(25)15(3)28-19(24)12-23(4)29(26,27)17-9-7-16(21)8-10-17/h5-11,15H,12H2,1-4H3,(H,22,25)/t15-/m1/s1. The molecule has 0 saturated carbocycles. The van der Waals surface area contributed by atoms with Crippen molar-refractivity contribution in [2.75, 3.05) is 18.9 Å². The molecular weight excluding hydrogens is 399 g/mol. The largest absolute Gasteiger partial charge is 0.452 e. The molecule has 0 heterocycles.